The van der Waals surface area contributed by atoms with Gasteiger partial charge >= 0.3 is 0 Å². The summed E-state index contributed by atoms with van der Waals surface area (Å²) in [4.78, 5) is 0. The first-order valence-corrected chi connectivity index (χ1v) is 6.30. The van der Waals surface area contributed by atoms with Crippen LogP contribution in [0.2, 0.25) is 5.02 Å². The molecule has 0 heterocycles. The standard InChI is InChI=1S/C13H6BrClF2N2/c14-8-2-4-10(9(15)5-8)19-11-3-1-7(6-18)12(16)13(11)17/h1-5,19H. The summed E-state index contributed by atoms with van der Waals surface area (Å²) in [6, 6.07) is 9.03. The van der Waals surface area contributed by atoms with Gasteiger partial charge in [0.25, 0.3) is 0 Å². The molecule has 0 unspecified atom stereocenters. The third-order valence-electron chi connectivity index (χ3n) is 2.40. The van der Waals surface area contributed by atoms with Gasteiger partial charge < -0.3 is 5.32 Å². The molecule has 2 aromatic carbocycles. The number of hydrogen-bond donors (Lipinski definition) is 1. The molecule has 2 aromatic rings. The highest BCUT2D eigenvalue weighted by atomic mass is 79.9. The Morgan fingerprint density at radius 2 is 1.79 bits per heavy atom. The van der Waals surface area contributed by atoms with E-state index < -0.39 is 11.6 Å². The first-order chi connectivity index (χ1) is 9.02. The summed E-state index contributed by atoms with van der Waals surface area (Å²) in [5.74, 6) is -2.29. The predicted octanol–water partition coefficient (Wildman–Crippen LogP) is 5.00. The van der Waals surface area contributed by atoms with Crippen LogP contribution in [-0.4, -0.2) is 0 Å². The van der Waals surface area contributed by atoms with Crippen molar-refractivity contribution in [3.63, 3.8) is 0 Å². The van der Waals surface area contributed by atoms with E-state index >= 15 is 0 Å². The molecular formula is C13H6BrClF2N2. The van der Waals surface area contributed by atoms with E-state index in [1.165, 1.54) is 12.1 Å². The Hall–Kier alpha value is -1.64. The summed E-state index contributed by atoms with van der Waals surface area (Å²) in [5.41, 5.74) is 0.0125. The van der Waals surface area contributed by atoms with Crippen molar-refractivity contribution in [2.75, 3.05) is 5.32 Å². The molecule has 6 heteroatoms. The highest BCUT2D eigenvalue weighted by Gasteiger charge is 2.14. The first kappa shape index (κ1) is 13.8. The highest BCUT2D eigenvalue weighted by Crippen LogP contribution is 2.30. The van der Waals surface area contributed by atoms with Crippen LogP contribution in [0.15, 0.2) is 34.8 Å². The van der Waals surface area contributed by atoms with Crippen LogP contribution < -0.4 is 5.32 Å². The van der Waals surface area contributed by atoms with Crippen LogP contribution in [0.3, 0.4) is 0 Å². The Balaban J connectivity index is 2.39. The van der Waals surface area contributed by atoms with E-state index in [4.69, 9.17) is 16.9 Å². The van der Waals surface area contributed by atoms with E-state index in [0.29, 0.717) is 10.7 Å². The second-order valence-corrected chi connectivity index (χ2v) is 4.97. The lowest BCUT2D eigenvalue weighted by Gasteiger charge is -2.10. The number of halogens is 4. The lowest BCUT2D eigenvalue weighted by molar-refractivity contribution is 0.509. The average Bonchev–Trinajstić information content (AvgIpc) is 2.38. The summed E-state index contributed by atoms with van der Waals surface area (Å²) in [5, 5.41) is 11.6. The molecule has 1 N–H and O–H groups in total. The van der Waals surface area contributed by atoms with Crippen LogP contribution in [0, 0.1) is 23.0 Å². The molecule has 0 saturated carbocycles. The fourth-order valence-corrected chi connectivity index (χ4v) is 2.19. The summed E-state index contributed by atoms with van der Waals surface area (Å²) < 4.78 is 27.9. The van der Waals surface area contributed by atoms with Crippen LogP contribution >= 0.6 is 27.5 Å². The summed E-state index contributed by atoms with van der Waals surface area (Å²) >= 11 is 9.21. The molecule has 0 spiro atoms. The molecule has 0 saturated heterocycles. The Kier molecular flexibility index (Phi) is 4.03. The van der Waals surface area contributed by atoms with Crippen LogP contribution in [0.25, 0.3) is 0 Å². The average molecular weight is 344 g/mol. The monoisotopic (exact) mass is 342 g/mol. The van der Waals surface area contributed by atoms with E-state index in [-0.39, 0.29) is 11.3 Å². The molecule has 2 rings (SSSR count). The summed E-state index contributed by atoms with van der Waals surface area (Å²) in [7, 11) is 0. The van der Waals surface area contributed by atoms with Gasteiger partial charge in [0.2, 0.25) is 0 Å². The molecule has 19 heavy (non-hydrogen) atoms. The molecular weight excluding hydrogens is 338 g/mol. The Bertz CT molecular complexity index is 683. The molecule has 0 aromatic heterocycles. The molecule has 96 valence electrons. The summed E-state index contributed by atoms with van der Waals surface area (Å²) in [6.45, 7) is 0. The van der Waals surface area contributed by atoms with Crippen molar-refractivity contribution in [3.05, 3.63) is 57.0 Å². The molecule has 0 aliphatic carbocycles. The first-order valence-electron chi connectivity index (χ1n) is 5.13. The molecule has 0 aliphatic heterocycles. The zero-order valence-electron chi connectivity index (χ0n) is 9.35. The van der Waals surface area contributed by atoms with Gasteiger partial charge in [-0.2, -0.15) is 5.26 Å². The van der Waals surface area contributed by atoms with Crippen LogP contribution in [0.5, 0.6) is 0 Å². The lowest BCUT2D eigenvalue weighted by atomic mass is 10.2. The predicted molar refractivity (Wildman–Crippen MR) is 73.5 cm³/mol. The van der Waals surface area contributed by atoms with E-state index in [0.717, 1.165) is 4.47 Å². The Labute approximate surface area is 121 Å². The molecule has 0 fully saturated rings. The molecule has 0 bridgehead atoms. The largest absolute Gasteiger partial charge is 0.352 e. The number of benzene rings is 2. The van der Waals surface area contributed by atoms with Gasteiger partial charge in [0.1, 0.15) is 6.07 Å². The van der Waals surface area contributed by atoms with Crippen molar-refractivity contribution < 1.29 is 8.78 Å². The minimum absolute atomic E-state index is 0.0827. The Morgan fingerprint density at radius 1 is 1.11 bits per heavy atom. The minimum atomic E-state index is -1.18. The van der Waals surface area contributed by atoms with E-state index in [1.807, 2.05) is 0 Å². The second-order valence-electron chi connectivity index (χ2n) is 3.65. The van der Waals surface area contributed by atoms with Crippen molar-refractivity contribution >= 4 is 38.9 Å². The number of nitriles is 1. The molecule has 0 atom stereocenters. The van der Waals surface area contributed by atoms with E-state index in [2.05, 4.69) is 21.2 Å². The fraction of sp³-hybridized carbons (Fsp3) is 0. The van der Waals surface area contributed by atoms with E-state index in [1.54, 1.807) is 24.3 Å². The van der Waals surface area contributed by atoms with Gasteiger partial charge in [-0.05, 0) is 30.3 Å². The topological polar surface area (TPSA) is 35.8 Å². The quantitative estimate of drug-likeness (QED) is 0.833. The SMILES string of the molecule is N#Cc1ccc(Nc2ccc(Br)cc2Cl)c(F)c1F. The number of anilines is 2. The smallest absolute Gasteiger partial charge is 0.183 e. The molecule has 0 amide bonds. The maximum atomic E-state index is 13.7. The van der Waals surface area contributed by atoms with Crippen molar-refractivity contribution in [2.45, 2.75) is 0 Å². The number of rotatable bonds is 2. The number of nitrogens with zero attached hydrogens (tertiary/aromatic N) is 1. The second kappa shape index (κ2) is 5.55. The molecule has 0 radical (unpaired) electrons. The van der Waals surface area contributed by atoms with Crippen molar-refractivity contribution in [3.8, 4) is 6.07 Å². The van der Waals surface area contributed by atoms with Gasteiger partial charge in [-0.1, -0.05) is 27.5 Å². The fourth-order valence-electron chi connectivity index (χ4n) is 1.47. The highest BCUT2D eigenvalue weighted by molar-refractivity contribution is 9.10. The van der Waals surface area contributed by atoms with Crippen LogP contribution in [0.1, 0.15) is 5.56 Å². The summed E-state index contributed by atoms with van der Waals surface area (Å²) in [6.07, 6.45) is 0. The molecule has 0 aliphatic rings. The third-order valence-corrected chi connectivity index (χ3v) is 3.21. The Morgan fingerprint density at radius 3 is 2.42 bits per heavy atom. The number of hydrogen-bond acceptors (Lipinski definition) is 2. The molecule has 2 nitrogen and oxygen atoms in total. The zero-order valence-corrected chi connectivity index (χ0v) is 11.7. The van der Waals surface area contributed by atoms with Gasteiger partial charge in [-0.3, -0.25) is 0 Å². The van der Waals surface area contributed by atoms with Gasteiger partial charge in [0.15, 0.2) is 11.6 Å². The van der Waals surface area contributed by atoms with Gasteiger partial charge in [0.05, 0.1) is 22.0 Å². The van der Waals surface area contributed by atoms with Crippen LogP contribution in [-0.2, 0) is 0 Å². The van der Waals surface area contributed by atoms with E-state index in [9.17, 15) is 8.78 Å². The van der Waals surface area contributed by atoms with Gasteiger partial charge in [-0.25, -0.2) is 8.78 Å². The van der Waals surface area contributed by atoms with Crippen molar-refractivity contribution in [1.29, 1.82) is 5.26 Å². The van der Waals surface area contributed by atoms with Crippen LogP contribution in [0.4, 0.5) is 20.2 Å². The third kappa shape index (κ3) is 2.86. The van der Waals surface area contributed by atoms with Gasteiger partial charge in [-0.15, -0.1) is 0 Å². The van der Waals surface area contributed by atoms with Crippen molar-refractivity contribution in [2.24, 2.45) is 0 Å². The van der Waals surface area contributed by atoms with Gasteiger partial charge in [0, 0.05) is 4.47 Å². The van der Waals surface area contributed by atoms with Crippen molar-refractivity contribution in [1.82, 2.24) is 0 Å². The maximum absolute atomic E-state index is 13.7. The normalized spacial score (nSPS) is 10.1. The lowest BCUT2D eigenvalue weighted by Crippen LogP contribution is -1.99. The number of nitrogens with one attached hydrogen (secondary N) is 1. The zero-order chi connectivity index (χ0) is 14.0. The maximum Gasteiger partial charge on any atom is 0.183 e. The minimum Gasteiger partial charge on any atom is -0.352 e.